The Morgan fingerprint density at radius 2 is 1.92 bits per heavy atom. The molecular formula is C20H15N3O2S. The summed E-state index contributed by atoms with van der Waals surface area (Å²) in [5.41, 5.74) is 2.58. The van der Waals surface area contributed by atoms with Gasteiger partial charge in [-0.3, -0.25) is 9.78 Å². The van der Waals surface area contributed by atoms with E-state index in [0.717, 1.165) is 44.6 Å². The molecule has 128 valence electrons. The number of nitrogens with zero attached hydrogens (tertiary/aromatic N) is 2. The van der Waals surface area contributed by atoms with E-state index < -0.39 is 0 Å². The number of hydrogen-bond acceptors (Lipinski definition) is 5. The number of carbonyl (C=O) groups is 1. The predicted molar refractivity (Wildman–Crippen MR) is 106 cm³/mol. The molecule has 1 aromatic heterocycles. The van der Waals surface area contributed by atoms with Crippen LogP contribution in [0.15, 0.2) is 70.7 Å². The highest BCUT2D eigenvalue weighted by molar-refractivity contribution is 8.18. The number of nitrogens with one attached hydrogen (secondary N) is 1. The molecule has 6 heteroatoms. The van der Waals surface area contributed by atoms with Crippen LogP contribution in [0.3, 0.4) is 0 Å². The molecule has 2 heterocycles. The van der Waals surface area contributed by atoms with E-state index in [0.29, 0.717) is 5.84 Å². The maximum absolute atomic E-state index is 11.9. The predicted octanol–water partition coefficient (Wildman–Crippen LogP) is 4.77. The molecule has 1 amide bonds. The van der Waals surface area contributed by atoms with E-state index in [4.69, 9.17) is 4.74 Å². The van der Waals surface area contributed by atoms with Crippen molar-refractivity contribution in [2.45, 2.75) is 0 Å². The van der Waals surface area contributed by atoms with E-state index in [-0.39, 0.29) is 5.24 Å². The molecule has 2 aromatic carbocycles. The largest absolute Gasteiger partial charge is 0.497 e. The van der Waals surface area contributed by atoms with Crippen molar-refractivity contribution >= 4 is 45.5 Å². The van der Waals surface area contributed by atoms with E-state index in [1.807, 2.05) is 60.7 Å². The molecule has 1 aliphatic rings. The van der Waals surface area contributed by atoms with Gasteiger partial charge in [0.2, 0.25) is 0 Å². The number of benzene rings is 2. The van der Waals surface area contributed by atoms with Gasteiger partial charge in [0.1, 0.15) is 11.6 Å². The van der Waals surface area contributed by atoms with Crippen LogP contribution in [0.1, 0.15) is 5.56 Å². The van der Waals surface area contributed by atoms with Gasteiger partial charge in [0.15, 0.2) is 0 Å². The van der Waals surface area contributed by atoms with E-state index in [1.165, 1.54) is 0 Å². The van der Waals surface area contributed by atoms with Gasteiger partial charge in [0, 0.05) is 17.1 Å². The lowest BCUT2D eigenvalue weighted by atomic mass is 10.1. The molecule has 4 rings (SSSR count). The van der Waals surface area contributed by atoms with Crippen molar-refractivity contribution < 1.29 is 9.53 Å². The zero-order valence-electron chi connectivity index (χ0n) is 14.0. The number of aromatic nitrogens is 1. The molecule has 0 aliphatic carbocycles. The number of methoxy groups -OCH3 is 1. The Kier molecular flexibility index (Phi) is 4.41. The second kappa shape index (κ2) is 7.01. The normalized spacial score (nSPS) is 17.0. The number of para-hydroxylation sites is 1. The van der Waals surface area contributed by atoms with E-state index in [2.05, 4.69) is 15.3 Å². The van der Waals surface area contributed by atoms with Crippen LogP contribution < -0.4 is 10.1 Å². The summed E-state index contributed by atoms with van der Waals surface area (Å²) < 4.78 is 5.16. The van der Waals surface area contributed by atoms with Gasteiger partial charge in [-0.1, -0.05) is 24.3 Å². The number of fused-ring (bicyclic) bond motifs is 1. The summed E-state index contributed by atoms with van der Waals surface area (Å²) in [6.07, 6.45) is 3.71. The maximum Gasteiger partial charge on any atom is 0.289 e. The van der Waals surface area contributed by atoms with Gasteiger partial charge < -0.3 is 10.1 Å². The monoisotopic (exact) mass is 361 g/mol. The Morgan fingerprint density at radius 3 is 2.73 bits per heavy atom. The first-order valence-electron chi connectivity index (χ1n) is 8.00. The number of ether oxygens (including phenoxy) is 1. The Balaban J connectivity index is 1.74. The molecule has 1 fully saturated rings. The zero-order chi connectivity index (χ0) is 17.9. The highest BCUT2D eigenvalue weighted by atomic mass is 32.2. The minimum Gasteiger partial charge on any atom is -0.497 e. The molecule has 5 nitrogen and oxygen atoms in total. The molecule has 0 unspecified atom stereocenters. The first-order chi connectivity index (χ1) is 12.7. The summed E-state index contributed by atoms with van der Waals surface area (Å²) in [6.45, 7) is 0. The third kappa shape index (κ3) is 3.32. The third-order valence-corrected chi connectivity index (χ3v) is 4.74. The molecule has 3 aromatic rings. The summed E-state index contributed by atoms with van der Waals surface area (Å²) >= 11 is 1.13. The van der Waals surface area contributed by atoms with Crippen LogP contribution in [0.4, 0.5) is 10.5 Å². The molecule has 0 spiro atoms. The fraction of sp³-hybridized carbons (Fsp3) is 0.0500. The quantitative estimate of drug-likeness (QED) is 0.730. The summed E-state index contributed by atoms with van der Waals surface area (Å²) in [6, 6.07) is 17.3. The van der Waals surface area contributed by atoms with Crippen molar-refractivity contribution in [3.05, 3.63) is 71.3 Å². The number of thioether (sulfide) groups is 1. The molecule has 1 N–H and O–H groups in total. The van der Waals surface area contributed by atoms with E-state index in [1.54, 1.807) is 13.3 Å². The van der Waals surface area contributed by atoms with Crippen molar-refractivity contribution in [3.63, 3.8) is 0 Å². The molecule has 0 radical (unpaired) electrons. The summed E-state index contributed by atoms with van der Waals surface area (Å²) in [7, 11) is 1.62. The van der Waals surface area contributed by atoms with Gasteiger partial charge in [-0.05, 0) is 48.2 Å². The lowest BCUT2D eigenvalue weighted by molar-refractivity contribution is 0.265. The van der Waals surface area contributed by atoms with Gasteiger partial charge in [-0.25, -0.2) is 4.99 Å². The number of pyridine rings is 1. The SMILES string of the molecule is COc1ccc(N=C2NC(=O)SC2=Cc2cccc3cccnc23)cc1. The van der Waals surface area contributed by atoms with Crippen LogP contribution in [-0.2, 0) is 0 Å². The lowest BCUT2D eigenvalue weighted by Crippen LogP contribution is -2.18. The zero-order valence-corrected chi connectivity index (χ0v) is 14.8. The van der Waals surface area contributed by atoms with Gasteiger partial charge >= 0.3 is 0 Å². The lowest BCUT2D eigenvalue weighted by Gasteiger charge is -2.03. The third-order valence-electron chi connectivity index (χ3n) is 3.92. The van der Waals surface area contributed by atoms with Crippen LogP contribution in [0.25, 0.3) is 17.0 Å². The standard InChI is InChI=1S/C20H15N3O2S/c1-25-16-9-7-15(8-10-16)22-19-17(26-20(24)23-19)12-14-5-2-4-13-6-3-11-21-18(13)14/h2-12H,1H3,(H,22,23,24). The minimum atomic E-state index is -0.142. The summed E-state index contributed by atoms with van der Waals surface area (Å²) in [4.78, 5) is 21.7. The number of amides is 1. The molecule has 0 atom stereocenters. The summed E-state index contributed by atoms with van der Waals surface area (Å²) in [5.74, 6) is 1.30. The van der Waals surface area contributed by atoms with Crippen molar-refractivity contribution in [3.8, 4) is 5.75 Å². The number of hydrogen-bond donors (Lipinski definition) is 1. The first kappa shape index (κ1) is 16.4. The van der Waals surface area contributed by atoms with Crippen LogP contribution >= 0.6 is 11.8 Å². The molecule has 1 aliphatic heterocycles. The van der Waals surface area contributed by atoms with E-state index >= 15 is 0 Å². The minimum absolute atomic E-state index is 0.142. The maximum atomic E-state index is 11.9. The Labute approximate surface area is 154 Å². The first-order valence-corrected chi connectivity index (χ1v) is 8.82. The average molecular weight is 361 g/mol. The number of aliphatic imine (C=N–C) groups is 1. The highest BCUT2D eigenvalue weighted by Gasteiger charge is 2.23. The number of amidine groups is 1. The van der Waals surface area contributed by atoms with Gasteiger partial charge in [-0.2, -0.15) is 0 Å². The Hall–Kier alpha value is -3.12. The van der Waals surface area contributed by atoms with Crippen LogP contribution in [-0.4, -0.2) is 23.2 Å². The van der Waals surface area contributed by atoms with Crippen molar-refractivity contribution in [1.82, 2.24) is 10.3 Å². The van der Waals surface area contributed by atoms with Gasteiger partial charge in [0.05, 0.1) is 23.2 Å². The van der Waals surface area contributed by atoms with Crippen LogP contribution in [0.2, 0.25) is 0 Å². The molecule has 1 saturated heterocycles. The molecule has 26 heavy (non-hydrogen) atoms. The van der Waals surface area contributed by atoms with Crippen molar-refractivity contribution in [2.24, 2.45) is 4.99 Å². The number of carbonyl (C=O) groups excluding carboxylic acids is 1. The molecule has 0 saturated carbocycles. The average Bonchev–Trinajstić information content (AvgIpc) is 3.01. The fourth-order valence-electron chi connectivity index (χ4n) is 2.68. The van der Waals surface area contributed by atoms with Crippen molar-refractivity contribution in [2.75, 3.05) is 7.11 Å². The van der Waals surface area contributed by atoms with Crippen molar-refractivity contribution in [1.29, 1.82) is 0 Å². The van der Waals surface area contributed by atoms with Crippen LogP contribution in [0.5, 0.6) is 5.75 Å². The molecular weight excluding hydrogens is 346 g/mol. The smallest absolute Gasteiger partial charge is 0.289 e. The second-order valence-corrected chi connectivity index (χ2v) is 6.62. The second-order valence-electron chi connectivity index (χ2n) is 5.60. The number of rotatable bonds is 3. The Morgan fingerprint density at radius 1 is 1.12 bits per heavy atom. The fourth-order valence-corrected chi connectivity index (χ4v) is 3.41. The van der Waals surface area contributed by atoms with Gasteiger partial charge in [0.25, 0.3) is 5.24 Å². The molecule has 0 bridgehead atoms. The van der Waals surface area contributed by atoms with Gasteiger partial charge in [-0.15, -0.1) is 0 Å². The summed E-state index contributed by atoms with van der Waals surface area (Å²) in [5, 5.41) is 3.71. The Bertz CT molecular complexity index is 1040. The van der Waals surface area contributed by atoms with E-state index in [9.17, 15) is 4.79 Å². The topological polar surface area (TPSA) is 63.6 Å². The van der Waals surface area contributed by atoms with Crippen LogP contribution in [0, 0.1) is 0 Å². The highest BCUT2D eigenvalue weighted by Crippen LogP contribution is 2.30.